The SMILES string of the molecule is CCCCC(=O)N(Cc1ccc(-c2ccccc2-c2nnn[nH]2)cc1)[C@H]1CC[C@@H](C(=O)O)CC1. The average molecular weight is 462 g/mol. The number of aliphatic carboxylic acids is 1. The number of hydrogen-bond donors (Lipinski definition) is 2. The number of carbonyl (C=O) groups is 2. The summed E-state index contributed by atoms with van der Waals surface area (Å²) in [4.78, 5) is 26.4. The van der Waals surface area contributed by atoms with Crippen molar-refractivity contribution in [3.05, 3.63) is 54.1 Å². The van der Waals surface area contributed by atoms with E-state index in [4.69, 9.17) is 0 Å². The zero-order valence-electron chi connectivity index (χ0n) is 19.5. The molecule has 34 heavy (non-hydrogen) atoms. The van der Waals surface area contributed by atoms with Crippen LogP contribution < -0.4 is 0 Å². The van der Waals surface area contributed by atoms with E-state index in [2.05, 4.69) is 51.8 Å². The quantitative estimate of drug-likeness (QED) is 0.478. The van der Waals surface area contributed by atoms with Crippen LogP contribution >= 0.6 is 0 Å². The summed E-state index contributed by atoms with van der Waals surface area (Å²) >= 11 is 0. The van der Waals surface area contributed by atoms with Crippen molar-refractivity contribution < 1.29 is 14.7 Å². The molecule has 0 radical (unpaired) electrons. The Labute approximate surface area is 199 Å². The van der Waals surface area contributed by atoms with Gasteiger partial charge in [0.1, 0.15) is 0 Å². The first kappa shape index (κ1) is 23.6. The summed E-state index contributed by atoms with van der Waals surface area (Å²) in [5.74, 6) is -0.237. The van der Waals surface area contributed by atoms with E-state index >= 15 is 0 Å². The van der Waals surface area contributed by atoms with Crippen LogP contribution in [0.5, 0.6) is 0 Å². The summed E-state index contributed by atoms with van der Waals surface area (Å²) in [6.07, 6.45) is 5.11. The second-order valence-electron chi connectivity index (χ2n) is 8.96. The van der Waals surface area contributed by atoms with Crippen molar-refractivity contribution >= 4 is 11.9 Å². The number of aromatic amines is 1. The van der Waals surface area contributed by atoms with Gasteiger partial charge >= 0.3 is 5.97 Å². The van der Waals surface area contributed by atoms with Crippen molar-refractivity contribution in [1.29, 1.82) is 0 Å². The first-order chi connectivity index (χ1) is 16.6. The van der Waals surface area contributed by atoms with Crippen molar-refractivity contribution in [2.45, 2.75) is 64.5 Å². The number of carboxylic acid groups (broad SMARTS) is 1. The van der Waals surface area contributed by atoms with Gasteiger partial charge in [-0.05, 0) is 59.2 Å². The summed E-state index contributed by atoms with van der Waals surface area (Å²) in [7, 11) is 0. The van der Waals surface area contributed by atoms with Crippen LogP contribution in [0.4, 0.5) is 0 Å². The van der Waals surface area contributed by atoms with Crippen molar-refractivity contribution in [3.8, 4) is 22.5 Å². The van der Waals surface area contributed by atoms with Crippen LogP contribution in [0.3, 0.4) is 0 Å². The van der Waals surface area contributed by atoms with Gasteiger partial charge in [-0.3, -0.25) is 9.59 Å². The van der Waals surface area contributed by atoms with E-state index in [0.717, 1.165) is 47.9 Å². The number of unbranched alkanes of at least 4 members (excludes halogenated alkanes) is 1. The Morgan fingerprint density at radius 3 is 2.35 bits per heavy atom. The number of aromatic nitrogens is 4. The van der Waals surface area contributed by atoms with Crippen LogP contribution in [0.2, 0.25) is 0 Å². The van der Waals surface area contributed by atoms with E-state index in [9.17, 15) is 14.7 Å². The smallest absolute Gasteiger partial charge is 0.306 e. The molecule has 1 amide bonds. The predicted molar refractivity (Wildman–Crippen MR) is 129 cm³/mol. The van der Waals surface area contributed by atoms with Gasteiger partial charge in [0, 0.05) is 24.6 Å². The Bertz CT molecular complexity index is 1090. The van der Waals surface area contributed by atoms with Crippen molar-refractivity contribution in [1.82, 2.24) is 25.5 Å². The number of nitrogens with one attached hydrogen (secondary N) is 1. The Morgan fingerprint density at radius 1 is 1.03 bits per heavy atom. The van der Waals surface area contributed by atoms with Gasteiger partial charge in [-0.2, -0.15) is 0 Å². The fourth-order valence-corrected chi connectivity index (χ4v) is 4.73. The maximum Gasteiger partial charge on any atom is 0.306 e. The first-order valence-corrected chi connectivity index (χ1v) is 12.0. The fraction of sp³-hybridized carbons (Fsp3) is 0.423. The lowest BCUT2D eigenvalue weighted by molar-refractivity contribution is -0.143. The van der Waals surface area contributed by atoms with Crippen molar-refractivity contribution in [2.24, 2.45) is 5.92 Å². The van der Waals surface area contributed by atoms with Crippen molar-refractivity contribution in [2.75, 3.05) is 0 Å². The zero-order valence-corrected chi connectivity index (χ0v) is 19.5. The molecule has 0 spiro atoms. The Balaban J connectivity index is 1.51. The Kier molecular flexibility index (Phi) is 7.67. The van der Waals surface area contributed by atoms with Gasteiger partial charge in [0.2, 0.25) is 5.91 Å². The molecular weight excluding hydrogens is 430 g/mol. The highest BCUT2D eigenvalue weighted by Gasteiger charge is 2.31. The largest absolute Gasteiger partial charge is 0.481 e. The molecule has 1 aliphatic rings. The van der Waals surface area contributed by atoms with Gasteiger partial charge in [-0.25, -0.2) is 5.10 Å². The number of hydrogen-bond acceptors (Lipinski definition) is 5. The number of nitrogens with zero attached hydrogens (tertiary/aromatic N) is 4. The molecule has 0 saturated heterocycles. The van der Waals surface area contributed by atoms with Crippen LogP contribution in [-0.4, -0.2) is 48.5 Å². The van der Waals surface area contributed by atoms with Gasteiger partial charge in [0.05, 0.1) is 5.92 Å². The molecule has 2 aromatic carbocycles. The monoisotopic (exact) mass is 461 g/mol. The molecular formula is C26H31N5O3. The van der Waals surface area contributed by atoms with Gasteiger partial charge in [0.15, 0.2) is 5.82 Å². The number of tetrazole rings is 1. The third-order valence-corrected chi connectivity index (χ3v) is 6.70. The maximum atomic E-state index is 13.1. The van der Waals surface area contributed by atoms with E-state index < -0.39 is 5.97 Å². The minimum absolute atomic E-state index is 0.0966. The molecule has 0 atom stereocenters. The topological polar surface area (TPSA) is 112 Å². The lowest BCUT2D eigenvalue weighted by atomic mass is 9.85. The molecule has 3 aromatic rings. The molecule has 1 saturated carbocycles. The molecule has 8 heteroatoms. The molecule has 1 aliphatic carbocycles. The van der Waals surface area contributed by atoms with E-state index in [1.54, 1.807) is 0 Å². The summed E-state index contributed by atoms with van der Waals surface area (Å²) in [5, 5.41) is 23.6. The summed E-state index contributed by atoms with van der Waals surface area (Å²) < 4.78 is 0. The summed E-state index contributed by atoms with van der Waals surface area (Å²) in [6.45, 7) is 2.63. The minimum atomic E-state index is -0.723. The summed E-state index contributed by atoms with van der Waals surface area (Å²) in [6, 6.07) is 16.3. The van der Waals surface area contributed by atoms with Gasteiger partial charge in [0.25, 0.3) is 0 Å². The van der Waals surface area contributed by atoms with E-state index in [1.165, 1.54) is 0 Å². The second kappa shape index (κ2) is 11.0. The number of carbonyl (C=O) groups excluding carboxylic acids is 1. The highest BCUT2D eigenvalue weighted by molar-refractivity contribution is 5.80. The third-order valence-electron chi connectivity index (χ3n) is 6.70. The van der Waals surface area contributed by atoms with Gasteiger partial charge in [-0.1, -0.05) is 61.9 Å². The normalized spacial score (nSPS) is 17.9. The van der Waals surface area contributed by atoms with Crippen LogP contribution in [-0.2, 0) is 16.1 Å². The predicted octanol–water partition coefficient (Wildman–Crippen LogP) is 4.70. The fourth-order valence-electron chi connectivity index (χ4n) is 4.73. The second-order valence-corrected chi connectivity index (χ2v) is 8.96. The van der Waals surface area contributed by atoms with Gasteiger partial charge < -0.3 is 10.0 Å². The highest BCUT2D eigenvalue weighted by atomic mass is 16.4. The zero-order chi connectivity index (χ0) is 23.9. The molecule has 0 bridgehead atoms. The lowest BCUT2D eigenvalue weighted by Gasteiger charge is -2.36. The van der Waals surface area contributed by atoms with Crippen LogP contribution in [0, 0.1) is 5.92 Å². The van der Waals surface area contributed by atoms with Crippen LogP contribution in [0.1, 0.15) is 57.4 Å². The number of carboxylic acids is 1. The summed E-state index contributed by atoms with van der Waals surface area (Å²) in [5.41, 5.74) is 4.05. The Morgan fingerprint density at radius 2 is 1.74 bits per heavy atom. The minimum Gasteiger partial charge on any atom is -0.481 e. The number of amides is 1. The molecule has 1 fully saturated rings. The lowest BCUT2D eigenvalue weighted by Crippen LogP contribution is -2.42. The number of rotatable bonds is 9. The molecule has 2 N–H and O–H groups in total. The standard InChI is InChI=1S/C26H31N5O3/c1-2-3-8-24(32)31(21-15-13-20(14-16-21)26(33)34)17-18-9-11-19(12-10-18)22-6-4-5-7-23(22)25-27-29-30-28-25/h4-7,9-12,20-21H,2-3,8,13-17H2,1H3,(H,33,34)(H,27,28,29,30)/t20-,21+. The molecule has 0 unspecified atom stereocenters. The molecule has 0 aliphatic heterocycles. The van der Waals surface area contributed by atoms with E-state index in [1.807, 2.05) is 29.2 Å². The van der Waals surface area contributed by atoms with Crippen LogP contribution in [0.25, 0.3) is 22.5 Å². The molecule has 178 valence electrons. The van der Waals surface area contributed by atoms with E-state index in [0.29, 0.717) is 31.6 Å². The molecule has 4 rings (SSSR count). The molecule has 1 aromatic heterocycles. The molecule has 8 nitrogen and oxygen atoms in total. The third kappa shape index (κ3) is 5.50. The Hall–Kier alpha value is -3.55. The average Bonchev–Trinajstić information content (AvgIpc) is 3.41. The number of benzene rings is 2. The highest BCUT2D eigenvalue weighted by Crippen LogP contribution is 2.32. The van der Waals surface area contributed by atoms with E-state index in [-0.39, 0.29) is 17.9 Å². The van der Waals surface area contributed by atoms with Crippen molar-refractivity contribution in [3.63, 3.8) is 0 Å². The maximum absolute atomic E-state index is 13.1. The molecule has 1 heterocycles. The first-order valence-electron chi connectivity index (χ1n) is 12.0. The number of H-pyrrole nitrogens is 1. The van der Waals surface area contributed by atoms with Crippen LogP contribution in [0.15, 0.2) is 48.5 Å². The van der Waals surface area contributed by atoms with Gasteiger partial charge in [-0.15, -0.1) is 5.10 Å².